The third kappa shape index (κ3) is 7.24. The number of ether oxygens (including phenoxy) is 2. The van der Waals surface area contributed by atoms with Crippen molar-refractivity contribution in [1.29, 1.82) is 0 Å². The minimum absolute atomic E-state index is 0.166. The molecule has 1 amide bonds. The number of amides is 1. The normalized spacial score (nSPS) is 12.8. The number of rotatable bonds is 14. The van der Waals surface area contributed by atoms with Crippen molar-refractivity contribution in [2.45, 2.75) is 39.7 Å². The molecule has 3 aromatic rings. The highest BCUT2D eigenvalue weighted by atomic mass is 32.2. The minimum Gasteiger partial charge on any atom is -0.491 e. The summed E-state index contributed by atoms with van der Waals surface area (Å²) in [7, 11) is -1.85. The van der Waals surface area contributed by atoms with E-state index in [4.69, 9.17) is 14.5 Å². The van der Waals surface area contributed by atoms with E-state index in [-0.39, 0.29) is 11.8 Å². The second-order valence-electron chi connectivity index (χ2n) is 8.90. The lowest BCUT2D eigenvalue weighted by Gasteiger charge is -2.20. The molecular formula is C23H35N7O5S. The van der Waals surface area contributed by atoms with Crippen LogP contribution in [-0.4, -0.2) is 79.6 Å². The molecule has 1 aromatic carbocycles. The quantitative estimate of drug-likeness (QED) is 0.268. The third-order valence-electron chi connectivity index (χ3n) is 5.50. The van der Waals surface area contributed by atoms with E-state index < -0.39 is 16.1 Å². The maximum Gasteiger partial charge on any atom is 0.238 e. The van der Waals surface area contributed by atoms with Crippen molar-refractivity contribution in [2.75, 3.05) is 45.0 Å². The topological polar surface area (TPSA) is 149 Å². The van der Waals surface area contributed by atoms with Gasteiger partial charge in [0.1, 0.15) is 24.2 Å². The molecule has 2 heterocycles. The van der Waals surface area contributed by atoms with Gasteiger partial charge in [0.2, 0.25) is 21.6 Å². The molecule has 0 radical (unpaired) electrons. The lowest BCUT2D eigenvalue weighted by Crippen LogP contribution is -2.49. The number of sulfonamides is 1. The summed E-state index contributed by atoms with van der Waals surface area (Å²) >= 11 is 0. The van der Waals surface area contributed by atoms with Crippen molar-refractivity contribution in [2.24, 2.45) is 5.92 Å². The number of aromatic nitrogens is 4. The van der Waals surface area contributed by atoms with Crippen LogP contribution in [0.2, 0.25) is 0 Å². The summed E-state index contributed by atoms with van der Waals surface area (Å²) < 4.78 is 38.2. The lowest BCUT2D eigenvalue weighted by molar-refractivity contribution is -0.123. The van der Waals surface area contributed by atoms with Crippen LogP contribution in [-0.2, 0) is 19.6 Å². The first-order valence-corrected chi connectivity index (χ1v) is 13.8. The fourth-order valence-electron chi connectivity index (χ4n) is 3.71. The first-order chi connectivity index (χ1) is 17.1. The van der Waals surface area contributed by atoms with Gasteiger partial charge in [-0.1, -0.05) is 13.8 Å². The van der Waals surface area contributed by atoms with Crippen molar-refractivity contribution in [1.82, 2.24) is 29.6 Å². The molecule has 0 aliphatic heterocycles. The second-order valence-corrected chi connectivity index (χ2v) is 10.7. The zero-order valence-corrected chi connectivity index (χ0v) is 22.2. The van der Waals surface area contributed by atoms with Crippen molar-refractivity contribution in [3.8, 4) is 5.75 Å². The Bertz CT molecular complexity index is 1290. The number of carbonyl (C=O) groups is 1. The van der Waals surface area contributed by atoms with Gasteiger partial charge >= 0.3 is 0 Å². The smallest absolute Gasteiger partial charge is 0.238 e. The van der Waals surface area contributed by atoms with Crippen LogP contribution in [0.25, 0.3) is 16.7 Å². The average molecular weight is 522 g/mol. The number of hydrogen-bond donors (Lipinski definition) is 3. The number of fused-ring (bicyclic) bond motifs is 3. The number of unbranched alkanes of at least 4 members (excludes halogenated alkanes) is 1. The van der Waals surface area contributed by atoms with Gasteiger partial charge in [-0.15, -0.1) is 10.2 Å². The van der Waals surface area contributed by atoms with Crippen molar-refractivity contribution >= 4 is 38.4 Å². The van der Waals surface area contributed by atoms with E-state index in [1.165, 1.54) is 0 Å². The molecule has 0 bridgehead atoms. The molecular weight excluding hydrogens is 486 g/mol. The van der Waals surface area contributed by atoms with Crippen LogP contribution in [0.15, 0.2) is 18.2 Å². The summed E-state index contributed by atoms with van der Waals surface area (Å²) in [5.74, 6) is 1.56. The molecule has 13 heteroatoms. The van der Waals surface area contributed by atoms with Crippen molar-refractivity contribution < 1.29 is 22.7 Å². The van der Waals surface area contributed by atoms with E-state index in [0.717, 1.165) is 29.5 Å². The molecule has 0 fully saturated rings. The molecule has 2 aromatic heterocycles. The summed E-state index contributed by atoms with van der Waals surface area (Å²) in [5.41, 5.74) is 2.25. The Balaban J connectivity index is 1.60. The zero-order valence-electron chi connectivity index (χ0n) is 21.4. The van der Waals surface area contributed by atoms with Gasteiger partial charge < -0.3 is 20.1 Å². The van der Waals surface area contributed by atoms with E-state index in [1.807, 2.05) is 29.5 Å². The predicted octanol–water partition coefficient (Wildman–Crippen LogP) is 1.49. The fourth-order valence-corrected chi connectivity index (χ4v) is 4.55. The number of nitrogens with one attached hydrogen (secondary N) is 3. The highest BCUT2D eigenvalue weighted by Gasteiger charge is 2.24. The minimum atomic E-state index is -3.48. The van der Waals surface area contributed by atoms with Gasteiger partial charge in [-0.05, 0) is 37.8 Å². The van der Waals surface area contributed by atoms with Gasteiger partial charge in [0.15, 0.2) is 5.82 Å². The number of methoxy groups -OCH3 is 1. The van der Waals surface area contributed by atoms with Gasteiger partial charge in [-0.3, -0.25) is 9.20 Å². The van der Waals surface area contributed by atoms with Crippen LogP contribution in [0.4, 0.5) is 5.82 Å². The Hall–Kier alpha value is -3.03. The number of nitrogens with zero attached hydrogens (tertiary/aromatic N) is 4. The molecule has 3 rings (SSSR count). The van der Waals surface area contributed by atoms with Gasteiger partial charge in [0, 0.05) is 26.3 Å². The molecule has 0 saturated carbocycles. The van der Waals surface area contributed by atoms with Gasteiger partial charge in [0.05, 0.1) is 23.9 Å². The predicted molar refractivity (Wildman–Crippen MR) is 138 cm³/mol. The maximum absolute atomic E-state index is 12.4. The Kier molecular flexibility index (Phi) is 9.40. The van der Waals surface area contributed by atoms with Crippen LogP contribution in [0.1, 0.15) is 32.5 Å². The van der Waals surface area contributed by atoms with E-state index in [1.54, 1.807) is 21.0 Å². The Morgan fingerprint density at radius 3 is 2.58 bits per heavy atom. The van der Waals surface area contributed by atoms with E-state index >= 15 is 0 Å². The summed E-state index contributed by atoms with van der Waals surface area (Å²) in [6.07, 6.45) is 2.51. The lowest BCUT2D eigenvalue weighted by atomic mass is 10.1. The first-order valence-electron chi connectivity index (χ1n) is 11.9. The molecule has 198 valence electrons. The standard InChI is InChI=1S/C23H35N7O5S/c1-15(2)20(29-36(5,32)33)23(31)25-11-7-6-10-24-21-22-28-27-16(3)30(22)19-9-8-17(14-18(19)26-21)35-13-12-34-4/h8-9,14-15,20,29H,6-7,10-13H2,1-5H3,(H,24,26)(H,25,31)/t20-/m0/s1. The van der Waals surface area contributed by atoms with Gasteiger partial charge in [-0.25, -0.2) is 18.1 Å². The fraction of sp³-hybridized carbons (Fsp3) is 0.565. The molecule has 0 unspecified atom stereocenters. The first kappa shape index (κ1) is 27.6. The Labute approximate surface area is 211 Å². The summed E-state index contributed by atoms with van der Waals surface area (Å²) in [6.45, 7) is 7.46. The Morgan fingerprint density at radius 1 is 1.14 bits per heavy atom. The van der Waals surface area contributed by atoms with E-state index in [2.05, 4.69) is 25.6 Å². The SMILES string of the molecule is COCCOc1ccc2c(c1)nc(NCCCCNC(=O)[C@@H](NS(C)(=O)=O)C(C)C)c1nnc(C)n12. The highest BCUT2D eigenvalue weighted by molar-refractivity contribution is 7.88. The summed E-state index contributed by atoms with van der Waals surface area (Å²) in [5, 5.41) is 14.6. The van der Waals surface area contributed by atoms with Crippen LogP contribution in [0, 0.1) is 12.8 Å². The van der Waals surface area contributed by atoms with Gasteiger partial charge in [0.25, 0.3) is 0 Å². The molecule has 0 aliphatic carbocycles. The van der Waals surface area contributed by atoms with Gasteiger partial charge in [-0.2, -0.15) is 0 Å². The molecule has 12 nitrogen and oxygen atoms in total. The van der Waals surface area contributed by atoms with Crippen LogP contribution in [0.3, 0.4) is 0 Å². The van der Waals surface area contributed by atoms with Crippen molar-refractivity contribution in [3.63, 3.8) is 0 Å². The monoisotopic (exact) mass is 521 g/mol. The average Bonchev–Trinajstić information content (AvgIpc) is 3.20. The van der Waals surface area contributed by atoms with Crippen LogP contribution in [0.5, 0.6) is 5.75 Å². The van der Waals surface area contributed by atoms with E-state index in [0.29, 0.717) is 49.9 Å². The zero-order chi connectivity index (χ0) is 26.3. The Morgan fingerprint density at radius 2 is 1.89 bits per heavy atom. The molecule has 0 spiro atoms. The summed E-state index contributed by atoms with van der Waals surface area (Å²) in [6, 6.07) is 4.89. The number of carbonyl (C=O) groups excluding carboxylic acids is 1. The number of hydrogen-bond acceptors (Lipinski definition) is 9. The van der Waals surface area contributed by atoms with Crippen LogP contribution < -0.4 is 20.1 Å². The molecule has 3 N–H and O–H groups in total. The molecule has 36 heavy (non-hydrogen) atoms. The number of benzene rings is 1. The summed E-state index contributed by atoms with van der Waals surface area (Å²) in [4.78, 5) is 17.1. The molecule has 0 aliphatic rings. The van der Waals surface area contributed by atoms with Crippen molar-refractivity contribution in [3.05, 3.63) is 24.0 Å². The third-order valence-corrected chi connectivity index (χ3v) is 6.18. The molecule has 1 atom stereocenters. The molecule has 0 saturated heterocycles. The maximum atomic E-state index is 12.4. The second kappa shape index (κ2) is 12.3. The van der Waals surface area contributed by atoms with E-state index in [9.17, 15) is 13.2 Å². The number of anilines is 1. The highest BCUT2D eigenvalue weighted by Crippen LogP contribution is 2.25. The van der Waals surface area contributed by atoms with Crippen LogP contribution >= 0.6 is 0 Å². The largest absolute Gasteiger partial charge is 0.491 e. The number of aryl methyl sites for hydroxylation is 1.